The number of hydrogen-bond donors (Lipinski definition) is 1. The Kier molecular flexibility index (Phi) is 3.29. The zero-order valence-corrected chi connectivity index (χ0v) is 8.60. The number of carbonyl (C=O) groups excluding carboxylic acids is 1. The van der Waals surface area contributed by atoms with E-state index in [0.29, 0.717) is 16.4 Å². The first-order valence-electron chi connectivity index (χ1n) is 3.91. The normalized spacial score (nSPS) is 10.1. The van der Waals surface area contributed by atoms with Crippen LogP contribution >= 0.6 is 11.8 Å². The topological polar surface area (TPSA) is 85.9 Å². The lowest BCUT2D eigenvalue weighted by Gasteiger charge is -2.03. The van der Waals surface area contributed by atoms with Gasteiger partial charge < -0.3 is 14.9 Å². The monoisotopic (exact) mass is 213 g/mol. The molecule has 0 atom stereocenters. The van der Waals surface area contributed by atoms with E-state index in [1.165, 1.54) is 0 Å². The predicted octanol–water partition coefficient (Wildman–Crippen LogP) is -0.771. The number of carboxylic acids is 1. The van der Waals surface area contributed by atoms with Gasteiger partial charge in [0.2, 0.25) is 0 Å². The van der Waals surface area contributed by atoms with E-state index in [1.54, 1.807) is 13.8 Å². The molecule has 1 rings (SSSR count). The number of aromatic nitrogens is 2. The van der Waals surface area contributed by atoms with Crippen LogP contribution in [-0.2, 0) is 4.79 Å². The minimum atomic E-state index is -1.18. The quantitative estimate of drug-likeness (QED) is 0.526. The van der Waals surface area contributed by atoms with Gasteiger partial charge in [0.25, 0.3) is 5.56 Å². The van der Waals surface area contributed by atoms with E-state index in [9.17, 15) is 14.7 Å². The molecule has 0 aliphatic carbocycles. The first-order valence-corrected chi connectivity index (χ1v) is 4.89. The van der Waals surface area contributed by atoms with Crippen molar-refractivity contribution in [1.82, 2.24) is 9.97 Å². The first kappa shape index (κ1) is 10.8. The third kappa shape index (κ3) is 2.59. The van der Waals surface area contributed by atoms with Crippen LogP contribution in [0.4, 0.5) is 0 Å². The summed E-state index contributed by atoms with van der Waals surface area (Å²) >= 11 is 0.937. The van der Waals surface area contributed by atoms with Crippen LogP contribution in [0.5, 0.6) is 0 Å². The highest BCUT2D eigenvalue weighted by molar-refractivity contribution is 7.99. The molecule has 0 fully saturated rings. The molecule has 0 amide bonds. The van der Waals surface area contributed by atoms with Crippen molar-refractivity contribution in [1.29, 1.82) is 0 Å². The molecule has 14 heavy (non-hydrogen) atoms. The van der Waals surface area contributed by atoms with E-state index >= 15 is 0 Å². The molecule has 0 saturated heterocycles. The maximum absolute atomic E-state index is 11.2. The number of carboxylic acid groups (broad SMARTS) is 1. The van der Waals surface area contributed by atoms with Gasteiger partial charge in [0.1, 0.15) is 0 Å². The van der Waals surface area contributed by atoms with Crippen molar-refractivity contribution in [3.63, 3.8) is 0 Å². The van der Waals surface area contributed by atoms with Crippen molar-refractivity contribution < 1.29 is 9.90 Å². The molecule has 6 heteroatoms. The highest BCUT2D eigenvalue weighted by atomic mass is 32.2. The van der Waals surface area contributed by atoms with E-state index < -0.39 is 5.97 Å². The molecule has 1 aromatic heterocycles. The Labute approximate surface area is 84.6 Å². The minimum absolute atomic E-state index is 0.217. The zero-order chi connectivity index (χ0) is 10.7. The lowest BCUT2D eigenvalue weighted by atomic mass is 10.3. The van der Waals surface area contributed by atoms with E-state index in [-0.39, 0.29) is 11.3 Å². The Morgan fingerprint density at radius 3 is 2.71 bits per heavy atom. The van der Waals surface area contributed by atoms with Gasteiger partial charge in [0.15, 0.2) is 5.16 Å². The number of nitrogens with zero attached hydrogens (tertiary/aromatic N) is 1. The number of aromatic amines is 1. The molecule has 1 aromatic rings. The van der Waals surface area contributed by atoms with Gasteiger partial charge in [-0.05, 0) is 13.8 Å². The molecule has 1 N–H and O–H groups in total. The predicted molar refractivity (Wildman–Crippen MR) is 50.1 cm³/mol. The molecular weight excluding hydrogens is 204 g/mol. The molecular formula is C8H9N2O3S-. The average Bonchev–Trinajstić information content (AvgIpc) is 2.10. The summed E-state index contributed by atoms with van der Waals surface area (Å²) < 4.78 is 0. The van der Waals surface area contributed by atoms with Crippen LogP contribution in [0.3, 0.4) is 0 Å². The number of rotatable bonds is 3. The van der Waals surface area contributed by atoms with Gasteiger partial charge in [0, 0.05) is 17.0 Å². The Bertz CT molecular complexity index is 414. The fourth-order valence-corrected chi connectivity index (χ4v) is 1.44. The Balaban J connectivity index is 2.90. The van der Waals surface area contributed by atoms with Crippen LogP contribution in [-0.4, -0.2) is 21.7 Å². The minimum Gasteiger partial charge on any atom is -0.549 e. The highest BCUT2D eigenvalue weighted by Gasteiger charge is 2.03. The zero-order valence-electron chi connectivity index (χ0n) is 7.79. The lowest BCUT2D eigenvalue weighted by Crippen LogP contribution is -2.25. The van der Waals surface area contributed by atoms with Crippen LogP contribution < -0.4 is 10.7 Å². The number of carbonyl (C=O) groups is 1. The maximum atomic E-state index is 11.2. The second kappa shape index (κ2) is 4.28. The van der Waals surface area contributed by atoms with Gasteiger partial charge in [-0.3, -0.25) is 4.79 Å². The summed E-state index contributed by atoms with van der Waals surface area (Å²) in [6.45, 7) is 3.36. The number of aliphatic carboxylic acids is 1. The summed E-state index contributed by atoms with van der Waals surface area (Å²) in [5.74, 6) is -1.40. The molecule has 0 unspecified atom stereocenters. The summed E-state index contributed by atoms with van der Waals surface area (Å²) in [6, 6.07) is 0. The summed E-state index contributed by atoms with van der Waals surface area (Å²) in [5, 5.41) is 10.5. The van der Waals surface area contributed by atoms with E-state index in [2.05, 4.69) is 9.97 Å². The molecule has 5 nitrogen and oxygen atoms in total. The van der Waals surface area contributed by atoms with Crippen molar-refractivity contribution in [2.45, 2.75) is 19.0 Å². The molecule has 1 heterocycles. The Morgan fingerprint density at radius 1 is 1.57 bits per heavy atom. The van der Waals surface area contributed by atoms with Crippen molar-refractivity contribution >= 4 is 17.7 Å². The number of nitrogens with one attached hydrogen (secondary N) is 1. The van der Waals surface area contributed by atoms with Crippen molar-refractivity contribution in [3.8, 4) is 0 Å². The van der Waals surface area contributed by atoms with Crippen molar-refractivity contribution in [3.05, 3.63) is 21.6 Å². The second-order valence-electron chi connectivity index (χ2n) is 2.74. The number of H-pyrrole nitrogens is 1. The summed E-state index contributed by atoms with van der Waals surface area (Å²) in [7, 11) is 0. The van der Waals surface area contributed by atoms with Gasteiger partial charge in [-0.25, -0.2) is 4.98 Å². The average molecular weight is 213 g/mol. The van der Waals surface area contributed by atoms with E-state index in [0.717, 1.165) is 11.8 Å². The number of hydrogen-bond acceptors (Lipinski definition) is 5. The van der Waals surface area contributed by atoms with Crippen molar-refractivity contribution in [2.75, 3.05) is 5.75 Å². The summed E-state index contributed by atoms with van der Waals surface area (Å²) in [4.78, 5) is 27.9. The fourth-order valence-electron chi connectivity index (χ4n) is 0.815. The van der Waals surface area contributed by atoms with E-state index in [1.807, 2.05) is 0 Å². The van der Waals surface area contributed by atoms with Gasteiger partial charge in [-0.1, -0.05) is 11.8 Å². The number of aryl methyl sites for hydroxylation is 1. The van der Waals surface area contributed by atoms with Gasteiger partial charge in [-0.2, -0.15) is 0 Å². The first-order chi connectivity index (χ1) is 6.50. The molecule has 0 aromatic carbocycles. The molecule has 76 valence electrons. The second-order valence-corrected chi connectivity index (χ2v) is 3.71. The fraction of sp³-hybridized carbons (Fsp3) is 0.375. The van der Waals surface area contributed by atoms with Crippen LogP contribution in [0.2, 0.25) is 0 Å². The molecule has 0 aliphatic heterocycles. The molecule has 0 bridgehead atoms. The van der Waals surface area contributed by atoms with E-state index in [4.69, 9.17) is 0 Å². The summed E-state index contributed by atoms with van der Waals surface area (Å²) in [5.41, 5.74) is 0.913. The van der Waals surface area contributed by atoms with Gasteiger partial charge in [-0.15, -0.1) is 0 Å². The van der Waals surface area contributed by atoms with Gasteiger partial charge >= 0.3 is 0 Å². The maximum Gasteiger partial charge on any atom is 0.254 e. The SMILES string of the molecule is Cc1nc(SCC(=O)[O-])[nH]c(=O)c1C. The van der Waals surface area contributed by atoms with Crippen LogP contribution in [0.15, 0.2) is 9.95 Å². The van der Waals surface area contributed by atoms with Crippen LogP contribution in [0.1, 0.15) is 11.3 Å². The van der Waals surface area contributed by atoms with Crippen LogP contribution in [0, 0.1) is 13.8 Å². The third-order valence-electron chi connectivity index (χ3n) is 1.70. The van der Waals surface area contributed by atoms with Crippen molar-refractivity contribution in [2.24, 2.45) is 0 Å². The summed E-state index contributed by atoms with van der Waals surface area (Å²) in [6.07, 6.45) is 0. The lowest BCUT2D eigenvalue weighted by molar-refractivity contribution is -0.301. The number of thioether (sulfide) groups is 1. The Hall–Kier alpha value is -1.30. The standard InChI is InChI=1S/C8H10N2O3S/c1-4-5(2)9-8(10-7(4)13)14-3-6(11)12/h3H2,1-2H3,(H,11,12)(H,9,10,13)/p-1. The Morgan fingerprint density at radius 2 is 2.21 bits per heavy atom. The highest BCUT2D eigenvalue weighted by Crippen LogP contribution is 2.10. The smallest absolute Gasteiger partial charge is 0.254 e. The molecule has 0 saturated carbocycles. The molecule has 0 spiro atoms. The van der Waals surface area contributed by atoms with Crippen LogP contribution in [0.25, 0.3) is 0 Å². The molecule has 0 radical (unpaired) electrons. The largest absolute Gasteiger partial charge is 0.549 e. The molecule has 0 aliphatic rings. The third-order valence-corrected chi connectivity index (χ3v) is 2.55. The van der Waals surface area contributed by atoms with Gasteiger partial charge in [0.05, 0.1) is 5.97 Å².